The third-order valence-electron chi connectivity index (χ3n) is 3.12. The van der Waals surface area contributed by atoms with Gasteiger partial charge in [-0.1, -0.05) is 0 Å². The Morgan fingerprint density at radius 2 is 2.24 bits per heavy atom. The number of nitrogens with two attached hydrogens (primary N) is 1. The lowest BCUT2D eigenvalue weighted by molar-refractivity contribution is 0.0939. The fourth-order valence-corrected chi connectivity index (χ4v) is 2.01. The summed E-state index contributed by atoms with van der Waals surface area (Å²) in [5, 5.41) is 2.77. The number of hydrogen-bond donors (Lipinski definition) is 2. The van der Waals surface area contributed by atoms with Crippen molar-refractivity contribution in [3.05, 3.63) is 53.2 Å². The Balaban J connectivity index is 2.15. The van der Waals surface area contributed by atoms with Crippen molar-refractivity contribution >= 4 is 5.91 Å². The topological polar surface area (TPSA) is 77.5 Å². The molecule has 0 fully saturated rings. The van der Waals surface area contributed by atoms with Crippen molar-refractivity contribution in [3.8, 4) is 5.75 Å². The van der Waals surface area contributed by atoms with Crippen LogP contribution < -0.4 is 15.8 Å². The molecule has 5 nitrogen and oxygen atoms in total. The molecule has 0 spiro atoms. The molecular weight excluding hydrogens is 275 g/mol. The largest absolute Gasteiger partial charge is 0.496 e. The number of benzene rings is 1. The lowest BCUT2D eigenvalue weighted by Crippen LogP contribution is -2.26. The van der Waals surface area contributed by atoms with Gasteiger partial charge in [0.1, 0.15) is 23.6 Å². The molecule has 2 aromatic rings. The molecule has 3 N–H and O–H groups in total. The molecule has 1 atom stereocenters. The van der Waals surface area contributed by atoms with Crippen molar-refractivity contribution in [2.24, 2.45) is 5.73 Å². The van der Waals surface area contributed by atoms with E-state index in [9.17, 15) is 9.18 Å². The predicted molar refractivity (Wildman–Crippen MR) is 75.4 cm³/mol. The van der Waals surface area contributed by atoms with Crippen LogP contribution in [0.25, 0.3) is 0 Å². The highest BCUT2D eigenvalue weighted by molar-refractivity contribution is 5.94. The molecular formula is C15H17FN2O3. The number of carbonyl (C=O) groups is 1. The van der Waals surface area contributed by atoms with Crippen LogP contribution in [0.15, 0.2) is 34.9 Å². The number of furan rings is 1. The zero-order valence-corrected chi connectivity index (χ0v) is 11.9. The highest BCUT2D eigenvalue weighted by Gasteiger charge is 2.17. The molecule has 112 valence electrons. The van der Waals surface area contributed by atoms with E-state index in [2.05, 4.69) is 5.32 Å². The Morgan fingerprint density at radius 3 is 2.86 bits per heavy atom. The molecule has 21 heavy (non-hydrogen) atoms. The van der Waals surface area contributed by atoms with Gasteiger partial charge in [-0.05, 0) is 31.2 Å². The summed E-state index contributed by atoms with van der Waals surface area (Å²) in [5.41, 5.74) is 6.36. The first-order chi connectivity index (χ1) is 10.0. The SMILES string of the molecule is COc1ccc(F)cc1C(C)NC(=O)c1coc(CN)c1. The number of hydrogen-bond acceptors (Lipinski definition) is 4. The second-order valence-electron chi connectivity index (χ2n) is 4.59. The van der Waals surface area contributed by atoms with Crippen LogP contribution in [0.3, 0.4) is 0 Å². The second kappa shape index (κ2) is 6.41. The Labute approximate surface area is 121 Å². The highest BCUT2D eigenvalue weighted by Crippen LogP contribution is 2.26. The van der Waals surface area contributed by atoms with Crippen LogP contribution in [0.2, 0.25) is 0 Å². The summed E-state index contributed by atoms with van der Waals surface area (Å²) >= 11 is 0. The molecule has 0 aliphatic heterocycles. The van der Waals surface area contributed by atoms with Gasteiger partial charge in [0.2, 0.25) is 0 Å². The molecule has 0 aliphatic rings. The van der Waals surface area contributed by atoms with E-state index in [4.69, 9.17) is 14.9 Å². The molecule has 6 heteroatoms. The van der Waals surface area contributed by atoms with Crippen LogP contribution in [-0.4, -0.2) is 13.0 Å². The Morgan fingerprint density at radius 1 is 1.48 bits per heavy atom. The van der Waals surface area contributed by atoms with E-state index in [-0.39, 0.29) is 18.3 Å². The third-order valence-corrected chi connectivity index (χ3v) is 3.12. The van der Waals surface area contributed by atoms with Crippen LogP contribution in [0.1, 0.15) is 34.6 Å². The van der Waals surface area contributed by atoms with Gasteiger partial charge >= 0.3 is 0 Å². The molecule has 1 unspecified atom stereocenters. The van der Waals surface area contributed by atoms with E-state index >= 15 is 0 Å². The maximum absolute atomic E-state index is 13.4. The minimum atomic E-state index is -0.417. The normalized spacial score (nSPS) is 12.0. The fourth-order valence-electron chi connectivity index (χ4n) is 2.01. The van der Waals surface area contributed by atoms with Crippen LogP contribution >= 0.6 is 0 Å². The summed E-state index contributed by atoms with van der Waals surface area (Å²) in [5.74, 6) is 0.327. The van der Waals surface area contributed by atoms with Crippen molar-refractivity contribution in [1.82, 2.24) is 5.32 Å². The zero-order chi connectivity index (χ0) is 15.4. The summed E-state index contributed by atoms with van der Waals surface area (Å²) in [6, 6.07) is 5.33. The lowest BCUT2D eigenvalue weighted by Gasteiger charge is -2.17. The molecule has 0 saturated carbocycles. The maximum atomic E-state index is 13.4. The first kappa shape index (κ1) is 15.1. The zero-order valence-electron chi connectivity index (χ0n) is 11.9. The number of rotatable bonds is 5. The Bertz CT molecular complexity index is 640. The van der Waals surface area contributed by atoms with Gasteiger partial charge in [-0.3, -0.25) is 4.79 Å². The monoisotopic (exact) mass is 292 g/mol. The van der Waals surface area contributed by atoms with E-state index in [1.54, 1.807) is 13.0 Å². The summed E-state index contributed by atoms with van der Waals surface area (Å²) in [6.07, 6.45) is 1.34. The number of nitrogens with one attached hydrogen (secondary N) is 1. The molecule has 1 amide bonds. The van der Waals surface area contributed by atoms with E-state index in [1.165, 1.54) is 31.6 Å². The molecule has 1 aromatic carbocycles. The summed E-state index contributed by atoms with van der Waals surface area (Å²) < 4.78 is 23.6. The third kappa shape index (κ3) is 3.41. The van der Waals surface area contributed by atoms with Gasteiger partial charge in [0.05, 0.1) is 25.3 Å². The van der Waals surface area contributed by atoms with Gasteiger partial charge in [-0.15, -0.1) is 0 Å². The highest BCUT2D eigenvalue weighted by atomic mass is 19.1. The van der Waals surface area contributed by atoms with Crippen LogP contribution in [0.5, 0.6) is 5.75 Å². The van der Waals surface area contributed by atoms with E-state index in [0.29, 0.717) is 22.6 Å². The summed E-state index contributed by atoms with van der Waals surface area (Å²) in [6.45, 7) is 1.97. The molecule has 0 radical (unpaired) electrons. The fraction of sp³-hybridized carbons (Fsp3) is 0.267. The van der Waals surface area contributed by atoms with Gasteiger partial charge in [-0.25, -0.2) is 4.39 Å². The standard InChI is InChI=1S/C15H17FN2O3/c1-9(13-6-11(16)3-4-14(13)20-2)18-15(19)10-5-12(7-17)21-8-10/h3-6,8-9H,7,17H2,1-2H3,(H,18,19). The smallest absolute Gasteiger partial charge is 0.255 e. The minimum Gasteiger partial charge on any atom is -0.496 e. The van der Waals surface area contributed by atoms with Crippen LogP contribution in [0.4, 0.5) is 4.39 Å². The number of methoxy groups -OCH3 is 1. The Kier molecular flexibility index (Phi) is 4.59. The van der Waals surface area contributed by atoms with Gasteiger partial charge < -0.3 is 20.2 Å². The molecule has 1 heterocycles. The van der Waals surface area contributed by atoms with Crippen LogP contribution in [-0.2, 0) is 6.54 Å². The second-order valence-corrected chi connectivity index (χ2v) is 4.59. The quantitative estimate of drug-likeness (QED) is 0.887. The van der Waals surface area contributed by atoms with Crippen molar-refractivity contribution in [1.29, 1.82) is 0 Å². The average molecular weight is 292 g/mol. The van der Waals surface area contributed by atoms with Gasteiger partial charge in [0.15, 0.2) is 0 Å². The molecule has 0 bridgehead atoms. The van der Waals surface area contributed by atoms with E-state index < -0.39 is 6.04 Å². The summed E-state index contributed by atoms with van der Waals surface area (Å²) in [4.78, 5) is 12.1. The molecule has 1 aromatic heterocycles. The predicted octanol–water partition coefficient (Wildman–Crippen LogP) is 2.38. The van der Waals surface area contributed by atoms with Gasteiger partial charge in [0.25, 0.3) is 5.91 Å². The van der Waals surface area contributed by atoms with E-state index in [0.717, 1.165) is 0 Å². The van der Waals surface area contributed by atoms with Crippen LogP contribution in [0, 0.1) is 5.82 Å². The first-order valence-electron chi connectivity index (χ1n) is 6.47. The van der Waals surface area contributed by atoms with Crippen molar-refractivity contribution in [3.63, 3.8) is 0 Å². The average Bonchev–Trinajstić information content (AvgIpc) is 2.96. The van der Waals surface area contributed by atoms with Crippen molar-refractivity contribution < 1.29 is 18.3 Å². The number of carbonyl (C=O) groups excluding carboxylic acids is 1. The lowest BCUT2D eigenvalue weighted by atomic mass is 10.1. The summed E-state index contributed by atoms with van der Waals surface area (Å²) in [7, 11) is 1.49. The van der Waals surface area contributed by atoms with Gasteiger partial charge in [-0.2, -0.15) is 0 Å². The van der Waals surface area contributed by atoms with Crippen molar-refractivity contribution in [2.75, 3.05) is 7.11 Å². The van der Waals surface area contributed by atoms with Crippen molar-refractivity contribution in [2.45, 2.75) is 19.5 Å². The maximum Gasteiger partial charge on any atom is 0.255 e. The van der Waals surface area contributed by atoms with Gasteiger partial charge in [0, 0.05) is 5.56 Å². The molecule has 0 aliphatic carbocycles. The molecule has 0 saturated heterocycles. The Hall–Kier alpha value is -2.34. The first-order valence-corrected chi connectivity index (χ1v) is 6.47. The number of amides is 1. The number of halogens is 1. The number of ether oxygens (including phenoxy) is 1. The van der Waals surface area contributed by atoms with E-state index in [1.807, 2.05) is 0 Å². The molecule has 2 rings (SSSR count). The minimum absolute atomic E-state index is 0.223.